The zero-order chi connectivity index (χ0) is 18.9. The quantitative estimate of drug-likeness (QED) is 0.574. The van der Waals surface area contributed by atoms with Gasteiger partial charge >= 0.3 is 0 Å². The monoisotopic (exact) mass is 380 g/mol. The van der Waals surface area contributed by atoms with Crippen LogP contribution in [0.15, 0.2) is 47.4 Å². The lowest BCUT2D eigenvalue weighted by Gasteiger charge is -2.24. The summed E-state index contributed by atoms with van der Waals surface area (Å²) in [6, 6.07) is 9.48. The number of aliphatic hydroxyl groups is 1. The van der Waals surface area contributed by atoms with E-state index in [0.29, 0.717) is 17.1 Å². The van der Waals surface area contributed by atoms with E-state index >= 15 is 0 Å². The first-order chi connectivity index (χ1) is 12.2. The summed E-state index contributed by atoms with van der Waals surface area (Å²) in [6.45, 7) is 1.19. The molecule has 1 unspecified atom stereocenters. The minimum atomic E-state index is -4.04. The largest absolute Gasteiger partial charge is 0.454 e. The molecular weight excluding hydrogens is 364 g/mol. The van der Waals surface area contributed by atoms with Gasteiger partial charge in [0.1, 0.15) is 5.60 Å². The lowest BCUT2D eigenvalue weighted by molar-refractivity contribution is -0.385. The maximum absolute atomic E-state index is 12.4. The minimum absolute atomic E-state index is 0.0837. The number of nitro groups is 1. The second-order valence-corrected chi connectivity index (χ2v) is 7.69. The topological polar surface area (TPSA) is 128 Å². The average Bonchev–Trinajstić information content (AvgIpc) is 3.08. The van der Waals surface area contributed by atoms with E-state index in [1.54, 1.807) is 18.2 Å². The number of rotatable bonds is 6. The van der Waals surface area contributed by atoms with Crippen molar-refractivity contribution in [3.63, 3.8) is 0 Å². The van der Waals surface area contributed by atoms with Crippen molar-refractivity contribution in [2.24, 2.45) is 0 Å². The summed E-state index contributed by atoms with van der Waals surface area (Å²) in [4.78, 5) is 9.87. The Bertz CT molecular complexity index is 957. The molecule has 10 heteroatoms. The summed E-state index contributed by atoms with van der Waals surface area (Å²) in [5, 5.41) is 21.4. The number of sulfonamides is 1. The Balaban J connectivity index is 1.78. The molecule has 2 N–H and O–H groups in total. The summed E-state index contributed by atoms with van der Waals surface area (Å²) in [5.41, 5.74) is -1.44. The van der Waals surface area contributed by atoms with Gasteiger partial charge in [0.15, 0.2) is 11.5 Å². The fraction of sp³-hybridized carbons (Fsp3) is 0.250. The molecule has 1 aliphatic heterocycles. The molecule has 1 aliphatic rings. The molecule has 0 aliphatic carbocycles. The maximum Gasteiger partial charge on any atom is 0.270 e. The molecule has 0 bridgehead atoms. The summed E-state index contributed by atoms with van der Waals surface area (Å²) >= 11 is 0. The molecular formula is C16H16N2O7S. The highest BCUT2D eigenvalue weighted by Gasteiger charge is 2.28. The van der Waals surface area contributed by atoms with Crippen LogP contribution in [0.25, 0.3) is 0 Å². The van der Waals surface area contributed by atoms with Crippen LogP contribution in [-0.2, 0) is 15.6 Å². The number of non-ortho nitro benzene ring substituents is 1. The predicted octanol–water partition coefficient (Wildman–Crippen LogP) is 1.51. The van der Waals surface area contributed by atoms with Gasteiger partial charge in [-0.25, -0.2) is 13.1 Å². The van der Waals surface area contributed by atoms with Crippen molar-refractivity contribution in [3.8, 4) is 11.5 Å². The highest BCUT2D eigenvalue weighted by atomic mass is 32.2. The molecule has 9 nitrogen and oxygen atoms in total. The molecule has 138 valence electrons. The van der Waals surface area contributed by atoms with Crippen LogP contribution < -0.4 is 14.2 Å². The molecule has 1 heterocycles. The van der Waals surface area contributed by atoms with Gasteiger partial charge in [0, 0.05) is 18.7 Å². The molecule has 0 radical (unpaired) electrons. The molecule has 0 aromatic heterocycles. The first kappa shape index (κ1) is 18.1. The van der Waals surface area contributed by atoms with Gasteiger partial charge < -0.3 is 14.6 Å². The molecule has 2 aromatic rings. The van der Waals surface area contributed by atoms with Crippen LogP contribution >= 0.6 is 0 Å². The average molecular weight is 380 g/mol. The van der Waals surface area contributed by atoms with E-state index in [1.165, 1.54) is 25.1 Å². The van der Waals surface area contributed by atoms with Gasteiger partial charge in [0.2, 0.25) is 16.8 Å². The Morgan fingerprint density at radius 1 is 1.23 bits per heavy atom. The van der Waals surface area contributed by atoms with E-state index in [-0.39, 0.29) is 23.9 Å². The van der Waals surface area contributed by atoms with Gasteiger partial charge in [-0.05, 0) is 30.7 Å². The Hall–Kier alpha value is -2.69. The molecule has 0 fully saturated rings. The molecule has 0 amide bonds. The number of nitrogens with zero attached hydrogens (tertiary/aromatic N) is 1. The van der Waals surface area contributed by atoms with Crippen LogP contribution in [0.5, 0.6) is 11.5 Å². The number of hydrogen-bond donors (Lipinski definition) is 2. The van der Waals surface area contributed by atoms with Crippen LogP contribution in [0.3, 0.4) is 0 Å². The predicted molar refractivity (Wildman–Crippen MR) is 90.4 cm³/mol. The summed E-state index contributed by atoms with van der Waals surface area (Å²) in [6.07, 6.45) is 0. The van der Waals surface area contributed by atoms with E-state index in [2.05, 4.69) is 4.72 Å². The van der Waals surface area contributed by atoms with Crippen molar-refractivity contribution in [1.29, 1.82) is 0 Å². The van der Waals surface area contributed by atoms with E-state index in [4.69, 9.17) is 9.47 Å². The number of nitro benzene ring substituents is 1. The van der Waals surface area contributed by atoms with E-state index in [9.17, 15) is 23.6 Å². The van der Waals surface area contributed by atoms with E-state index in [0.717, 1.165) is 6.07 Å². The third-order valence-electron chi connectivity index (χ3n) is 3.94. The Labute approximate surface area is 149 Å². The normalized spacial score (nSPS) is 15.5. The molecule has 0 saturated heterocycles. The van der Waals surface area contributed by atoms with Crippen molar-refractivity contribution in [2.45, 2.75) is 17.4 Å². The SMILES string of the molecule is CC(O)(CNS(=O)(=O)c1cccc([N+](=O)[O-])c1)c1ccc2c(c1)OCO2. The van der Waals surface area contributed by atoms with Crippen LogP contribution in [0.1, 0.15) is 12.5 Å². The third-order valence-corrected chi connectivity index (χ3v) is 5.34. The number of hydrogen-bond acceptors (Lipinski definition) is 7. The van der Waals surface area contributed by atoms with Gasteiger partial charge in [-0.3, -0.25) is 10.1 Å². The Kier molecular flexibility index (Phi) is 4.57. The van der Waals surface area contributed by atoms with Crippen molar-refractivity contribution in [2.75, 3.05) is 13.3 Å². The molecule has 2 aromatic carbocycles. The Morgan fingerprint density at radius 2 is 1.96 bits per heavy atom. The number of ether oxygens (including phenoxy) is 2. The fourth-order valence-electron chi connectivity index (χ4n) is 2.42. The highest BCUT2D eigenvalue weighted by molar-refractivity contribution is 7.89. The number of benzene rings is 2. The smallest absolute Gasteiger partial charge is 0.270 e. The highest BCUT2D eigenvalue weighted by Crippen LogP contribution is 2.35. The van der Waals surface area contributed by atoms with Crippen LogP contribution in [0.4, 0.5) is 5.69 Å². The fourth-order valence-corrected chi connectivity index (χ4v) is 3.59. The first-order valence-electron chi connectivity index (χ1n) is 7.56. The summed E-state index contributed by atoms with van der Waals surface area (Å²) < 4.78 is 37.5. The van der Waals surface area contributed by atoms with Crippen LogP contribution in [-0.4, -0.2) is 31.8 Å². The lowest BCUT2D eigenvalue weighted by Crippen LogP contribution is -2.38. The number of fused-ring (bicyclic) bond motifs is 1. The molecule has 0 spiro atoms. The van der Waals surface area contributed by atoms with Crippen molar-refractivity contribution in [1.82, 2.24) is 4.72 Å². The van der Waals surface area contributed by atoms with Crippen molar-refractivity contribution < 1.29 is 27.9 Å². The second kappa shape index (κ2) is 6.56. The Morgan fingerprint density at radius 3 is 2.69 bits per heavy atom. The van der Waals surface area contributed by atoms with Crippen molar-refractivity contribution in [3.05, 3.63) is 58.1 Å². The van der Waals surface area contributed by atoms with Gasteiger partial charge in [0.05, 0.1) is 9.82 Å². The van der Waals surface area contributed by atoms with Gasteiger partial charge in [-0.2, -0.15) is 0 Å². The number of nitrogens with one attached hydrogen (secondary N) is 1. The zero-order valence-electron chi connectivity index (χ0n) is 13.7. The van der Waals surface area contributed by atoms with E-state index < -0.39 is 20.5 Å². The molecule has 26 heavy (non-hydrogen) atoms. The van der Waals surface area contributed by atoms with Crippen LogP contribution in [0.2, 0.25) is 0 Å². The molecule has 1 atom stereocenters. The first-order valence-corrected chi connectivity index (χ1v) is 9.04. The third kappa shape index (κ3) is 3.62. The standard InChI is InChI=1S/C16H16N2O7S/c1-16(19,11-5-6-14-15(7-11)25-10-24-14)9-17-26(22,23)13-4-2-3-12(8-13)18(20)21/h2-8,17,19H,9-10H2,1H3. The van der Waals surface area contributed by atoms with Crippen LogP contribution in [0, 0.1) is 10.1 Å². The molecule has 0 saturated carbocycles. The van der Waals surface area contributed by atoms with Gasteiger partial charge in [0.25, 0.3) is 5.69 Å². The molecule has 3 rings (SSSR count). The maximum atomic E-state index is 12.4. The van der Waals surface area contributed by atoms with E-state index in [1.807, 2.05) is 0 Å². The van der Waals surface area contributed by atoms with Gasteiger partial charge in [-0.1, -0.05) is 12.1 Å². The van der Waals surface area contributed by atoms with Crippen molar-refractivity contribution >= 4 is 15.7 Å². The minimum Gasteiger partial charge on any atom is -0.454 e. The van der Waals surface area contributed by atoms with Gasteiger partial charge in [-0.15, -0.1) is 0 Å². The zero-order valence-corrected chi connectivity index (χ0v) is 14.5. The summed E-state index contributed by atoms with van der Waals surface area (Å²) in [5.74, 6) is 1.01. The second-order valence-electron chi connectivity index (χ2n) is 5.92. The summed E-state index contributed by atoms with van der Waals surface area (Å²) in [7, 11) is -4.04. The lowest BCUT2D eigenvalue weighted by atomic mass is 9.96.